The Bertz CT molecular complexity index is 746. The molecule has 28 heavy (non-hydrogen) atoms. The van der Waals surface area contributed by atoms with E-state index >= 15 is 0 Å². The molecule has 0 aliphatic carbocycles. The molecule has 1 aromatic rings. The van der Waals surface area contributed by atoms with Gasteiger partial charge in [-0.15, -0.1) is 0 Å². The maximum absolute atomic E-state index is 12.0. The molecular weight excluding hydrogens is 376 g/mol. The van der Waals surface area contributed by atoms with Gasteiger partial charge in [0.15, 0.2) is 5.96 Å². The molecule has 2 saturated heterocycles. The highest BCUT2D eigenvalue weighted by Gasteiger charge is 2.30. The van der Waals surface area contributed by atoms with Gasteiger partial charge in [-0.3, -0.25) is 4.99 Å². The topological polar surface area (TPSA) is 83.0 Å². The first-order valence-corrected chi connectivity index (χ1v) is 11.8. The zero-order valence-corrected chi connectivity index (χ0v) is 17.6. The van der Waals surface area contributed by atoms with Gasteiger partial charge in [-0.2, -0.15) is 0 Å². The zero-order valence-electron chi connectivity index (χ0n) is 16.8. The molecule has 2 aliphatic rings. The Labute approximate surface area is 168 Å². The summed E-state index contributed by atoms with van der Waals surface area (Å²) in [5.41, 5.74) is 1.22. The van der Waals surface area contributed by atoms with Crippen LogP contribution >= 0.6 is 0 Å². The Morgan fingerprint density at radius 3 is 2.57 bits per heavy atom. The standard InChI is InChI=1S/C20H32N4O3S/c1-3-28(25,26)24-12-9-18(10-13-24)23-20(21-2)22-15-17-11-14-27-19(17)16-7-5-4-6-8-16/h4-8,17-19H,3,9-15H2,1-2H3,(H2,21,22,23). The molecule has 0 amide bonds. The summed E-state index contributed by atoms with van der Waals surface area (Å²) in [4.78, 5) is 4.35. The summed E-state index contributed by atoms with van der Waals surface area (Å²) in [6.07, 6.45) is 2.73. The van der Waals surface area contributed by atoms with Crippen LogP contribution in [0.1, 0.15) is 37.9 Å². The lowest BCUT2D eigenvalue weighted by Crippen LogP contribution is -2.50. The molecule has 156 valence electrons. The fourth-order valence-corrected chi connectivity index (χ4v) is 5.06. The summed E-state index contributed by atoms with van der Waals surface area (Å²) in [7, 11) is -1.32. The Kier molecular flexibility index (Phi) is 7.31. The van der Waals surface area contributed by atoms with Gasteiger partial charge in [-0.05, 0) is 31.7 Å². The third kappa shape index (κ3) is 5.24. The smallest absolute Gasteiger partial charge is 0.213 e. The monoisotopic (exact) mass is 408 g/mol. The molecule has 0 bridgehead atoms. The van der Waals surface area contributed by atoms with Gasteiger partial charge >= 0.3 is 0 Å². The van der Waals surface area contributed by atoms with E-state index in [4.69, 9.17) is 4.74 Å². The molecule has 0 spiro atoms. The number of piperidine rings is 1. The predicted octanol–water partition coefficient (Wildman–Crippen LogP) is 1.74. The van der Waals surface area contributed by atoms with Crippen molar-refractivity contribution in [1.29, 1.82) is 0 Å². The minimum absolute atomic E-state index is 0.120. The SMILES string of the molecule is CCS(=O)(=O)N1CCC(NC(=NC)NCC2CCOC2c2ccccc2)CC1. The minimum atomic E-state index is -3.09. The van der Waals surface area contributed by atoms with Crippen molar-refractivity contribution in [3.8, 4) is 0 Å². The largest absolute Gasteiger partial charge is 0.373 e. The lowest BCUT2D eigenvalue weighted by molar-refractivity contribution is 0.0915. The fourth-order valence-electron chi connectivity index (χ4n) is 3.93. The highest BCUT2D eigenvalue weighted by molar-refractivity contribution is 7.89. The summed E-state index contributed by atoms with van der Waals surface area (Å²) in [6.45, 7) is 4.40. The summed E-state index contributed by atoms with van der Waals surface area (Å²) in [5, 5.41) is 6.89. The first-order valence-electron chi connectivity index (χ1n) is 10.1. The highest BCUT2D eigenvalue weighted by atomic mass is 32.2. The van der Waals surface area contributed by atoms with Crippen LogP contribution in [0.2, 0.25) is 0 Å². The van der Waals surface area contributed by atoms with Crippen LogP contribution in [0, 0.1) is 5.92 Å². The summed E-state index contributed by atoms with van der Waals surface area (Å²) in [5.74, 6) is 1.34. The first kappa shape index (κ1) is 21.1. The van der Waals surface area contributed by atoms with Crippen molar-refractivity contribution in [2.45, 2.75) is 38.3 Å². The van der Waals surface area contributed by atoms with Gasteiger partial charge in [-0.25, -0.2) is 12.7 Å². The molecule has 0 saturated carbocycles. The van der Waals surface area contributed by atoms with E-state index in [2.05, 4.69) is 27.8 Å². The fraction of sp³-hybridized carbons (Fsp3) is 0.650. The summed E-state index contributed by atoms with van der Waals surface area (Å²) < 4.78 is 31.5. The van der Waals surface area contributed by atoms with E-state index in [-0.39, 0.29) is 17.9 Å². The molecule has 2 unspecified atom stereocenters. The van der Waals surface area contributed by atoms with Crippen LogP contribution in [0.5, 0.6) is 0 Å². The van der Waals surface area contributed by atoms with Crippen molar-refractivity contribution >= 4 is 16.0 Å². The van der Waals surface area contributed by atoms with Gasteiger partial charge in [0.1, 0.15) is 0 Å². The van der Waals surface area contributed by atoms with Crippen molar-refractivity contribution in [3.63, 3.8) is 0 Å². The third-order valence-corrected chi connectivity index (χ3v) is 7.53. The van der Waals surface area contributed by atoms with Crippen molar-refractivity contribution in [2.24, 2.45) is 10.9 Å². The van der Waals surface area contributed by atoms with Gasteiger partial charge in [0.05, 0.1) is 11.9 Å². The van der Waals surface area contributed by atoms with Gasteiger partial charge in [0.25, 0.3) is 0 Å². The Morgan fingerprint density at radius 2 is 1.93 bits per heavy atom. The second-order valence-electron chi connectivity index (χ2n) is 7.42. The van der Waals surface area contributed by atoms with Crippen LogP contribution in [-0.2, 0) is 14.8 Å². The molecule has 3 rings (SSSR count). The lowest BCUT2D eigenvalue weighted by atomic mass is 9.95. The summed E-state index contributed by atoms with van der Waals surface area (Å²) >= 11 is 0. The number of sulfonamides is 1. The maximum atomic E-state index is 12.0. The van der Waals surface area contributed by atoms with E-state index in [9.17, 15) is 8.42 Å². The third-order valence-electron chi connectivity index (χ3n) is 5.65. The molecule has 7 nitrogen and oxygen atoms in total. The molecule has 2 N–H and O–H groups in total. The van der Waals surface area contributed by atoms with Crippen molar-refractivity contribution in [3.05, 3.63) is 35.9 Å². The van der Waals surface area contributed by atoms with Gasteiger partial charge < -0.3 is 15.4 Å². The van der Waals surface area contributed by atoms with Crippen molar-refractivity contribution < 1.29 is 13.2 Å². The number of guanidine groups is 1. The average molecular weight is 409 g/mol. The number of aliphatic imine (C=N–C) groups is 1. The van der Waals surface area contributed by atoms with Gasteiger partial charge in [-0.1, -0.05) is 30.3 Å². The molecule has 1 aromatic carbocycles. The van der Waals surface area contributed by atoms with Gasteiger partial charge in [0, 0.05) is 45.2 Å². The molecule has 0 radical (unpaired) electrons. The van der Waals surface area contributed by atoms with E-state index in [0.29, 0.717) is 19.0 Å². The second kappa shape index (κ2) is 9.71. The number of benzene rings is 1. The quantitative estimate of drug-likeness (QED) is 0.553. The lowest BCUT2D eigenvalue weighted by Gasteiger charge is -2.32. The van der Waals surface area contributed by atoms with E-state index in [1.54, 1.807) is 18.3 Å². The van der Waals surface area contributed by atoms with Crippen LogP contribution in [0.4, 0.5) is 0 Å². The van der Waals surface area contributed by atoms with E-state index < -0.39 is 10.0 Å². The van der Waals surface area contributed by atoms with Crippen molar-refractivity contribution in [1.82, 2.24) is 14.9 Å². The number of nitrogens with one attached hydrogen (secondary N) is 2. The van der Waals surface area contributed by atoms with E-state index in [0.717, 1.165) is 38.4 Å². The maximum Gasteiger partial charge on any atom is 0.213 e. The molecule has 2 fully saturated rings. The van der Waals surface area contributed by atoms with E-state index in [1.165, 1.54) is 5.56 Å². The molecular formula is C20H32N4O3S. The van der Waals surface area contributed by atoms with Crippen molar-refractivity contribution in [2.75, 3.05) is 39.0 Å². The number of rotatable bonds is 6. The minimum Gasteiger partial charge on any atom is -0.373 e. The van der Waals surface area contributed by atoms with Crippen LogP contribution in [-0.4, -0.2) is 63.8 Å². The normalized spacial score (nSPS) is 25.0. The first-order chi connectivity index (χ1) is 13.5. The number of hydrogen-bond acceptors (Lipinski definition) is 4. The molecule has 2 heterocycles. The van der Waals surface area contributed by atoms with Crippen LogP contribution < -0.4 is 10.6 Å². The number of ether oxygens (including phenoxy) is 1. The molecule has 2 atom stereocenters. The van der Waals surface area contributed by atoms with Gasteiger partial charge in [0.2, 0.25) is 10.0 Å². The Morgan fingerprint density at radius 1 is 1.21 bits per heavy atom. The van der Waals surface area contributed by atoms with Crippen LogP contribution in [0.3, 0.4) is 0 Å². The van der Waals surface area contributed by atoms with Crippen LogP contribution in [0.25, 0.3) is 0 Å². The van der Waals surface area contributed by atoms with Crippen LogP contribution in [0.15, 0.2) is 35.3 Å². The second-order valence-corrected chi connectivity index (χ2v) is 9.68. The summed E-state index contributed by atoms with van der Waals surface area (Å²) in [6, 6.07) is 10.6. The molecule has 8 heteroatoms. The van der Waals surface area contributed by atoms with E-state index in [1.807, 2.05) is 18.2 Å². The zero-order chi connectivity index (χ0) is 20.0. The Balaban J connectivity index is 1.48. The highest BCUT2D eigenvalue weighted by Crippen LogP contribution is 2.33. The predicted molar refractivity (Wildman–Crippen MR) is 112 cm³/mol. The Hall–Kier alpha value is -1.64. The molecule has 0 aromatic heterocycles. The average Bonchev–Trinajstić information content (AvgIpc) is 3.20. The number of hydrogen-bond donors (Lipinski definition) is 2. The molecule has 2 aliphatic heterocycles. The number of nitrogens with zero attached hydrogens (tertiary/aromatic N) is 2.